The monoisotopic (exact) mass is 292 g/mol. The van der Waals surface area contributed by atoms with Crippen LogP contribution in [0.5, 0.6) is 0 Å². The first-order valence-electron chi connectivity index (χ1n) is 7.52. The quantitative estimate of drug-likeness (QED) is 0.850. The van der Waals surface area contributed by atoms with Crippen LogP contribution >= 0.6 is 0 Å². The molecule has 1 aromatic heterocycles. The number of aryl methyl sites for hydroxylation is 1. The molecule has 1 heterocycles. The summed E-state index contributed by atoms with van der Waals surface area (Å²) in [6.45, 7) is 3.94. The molecular formula is C15H24N4O2. The van der Waals surface area contributed by atoms with E-state index in [0.717, 1.165) is 25.7 Å². The van der Waals surface area contributed by atoms with Gasteiger partial charge in [0, 0.05) is 25.3 Å². The SMILES string of the molecule is CCOC(=O)c1cnc(N(C)C2CCC(N)CC2)nc1C. The first kappa shape index (κ1) is 15.7. The number of esters is 1. The largest absolute Gasteiger partial charge is 0.462 e. The van der Waals surface area contributed by atoms with Crippen LogP contribution in [-0.2, 0) is 4.74 Å². The van der Waals surface area contributed by atoms with E-state index in [9.17, 15) is 4.79 Å². The summed E-state index contributed by atoms with van der Waals surface area (Å²) in [5.41, 5.74) is 7.02. The Morgan fingerprint density at radius 1 is 1.43 bits per heavy atom. The van der Waals surface area contributed by atoms with Crippen molar-refractivity contribution in [3.63, 3.8) is 0 Å². The summed E-state index contributed by atoms with van der Waals surface area (Å²) in [5, 5.41) is 0. The number of carbonyl (C=O) groups is 1. The first-order chi connectivity index (χ1) is 10.0. The predicted molar refractivity (Wildman–Crippen MR) is 81.4 cm³/mol. The summed E-state index contributed by atoms with van der Waals surface area (Å²) < 4.78 is 4.99. The van der Waals surface area contributed by atoms with E-state index in [1.165, 1.54) is 0 Å². The first-order valence-corrected chi connectivity index (χ1v) is 7.52. The minimum Gasteiger partial charge on any atom is -0.462 e. The zero-order valence-electron chi connectivity index (χ0n) is 13.0. The van der Waals surface area contributed by atoms with E-state index in [0.29, 0.717) is 35.9 Å². The average molecular weight is 292 g/mol. The van der Waals surface area contributed by atoms with Gasteiger partial charge < -0.3 is 15.4 Å². The summed E-state index contributed by atoms with van der Waals surface area (Å²) in [4.78, 5) is 22.6. The van der Waals surface area contributed by atoms with Crippen molar-refractivity contribution in [1.29, 1.82) is 0 Å². The van der Waals surface area contributed by atoms with Gasteiger partial charge in [0.2, 0.25) is 5.95 Å². The molecule has 21 heavy (non-hydrogen) atoms. The molecule has 1 saturated carbocycles. The molecule has 6 heteroatoms. The lowest BCUT2D eigenvalue weighted by atomic mass is 9.91. The van der Waals surface area contributed by atoms with E-state index < -0.39 is 0 Å². The molecule has 1 aliphatic carbocycles. The third kappa shape index (κ3) is 3.69. The molecule has 1 aromatic rings. The number of hydrogen-bond acceptors (Lipinski definition) is 6. The fraction of sp³-hybridized carbons (Fsp3) is 0.667. The predicted octanol–water partition coefficient (Wildman–Crippen LogP) is 1.67. The minimum atomic E-state index is -0.368. The van der Waals surface area contributed by atoms with Crippen LogP contribution in [0.4, 0.5) is 5.95 Å². The highest BCUT2D eigenvalue weighted by Crippen LogP contribution is 2.24. The molecule has 0 unspecified atom stereocenters. The van der Waals surface area contributed by atoms with E-state index >= 15 is 0 Å². The Morgan fingerprint density at radius 3 is 2.67 bits per heavy atom. The maximum Gasteiger partial charge on any atom is 0.341 e. The lowest BCUT2D eigenvalue weighted by Crippen LogP contribution is -2.39. The zero-order chi connectivity index (χ0) is 15.4. The van der Waals surface area contributed by atoms with Crippen molar-refractivity contribution in [2.24, 2.45) is 5.73 Å². The standard InChI is InChI=1S/C15H24N4O2/c1-4-21-14(20)13-9-17-15(18-10(13)2)19(3)12-7-5-11(16)6-8-12/h9,11-12H,4-8,16H2,1-3H3. The highest BCUT2D eigenvalue weighted by Gasteiger charge is 2.24. The number of hydrogen-bond donors (Lipinski definition) is 1. The highest BCUT2D eigenvalue weighted by atomic mass is 16.5. The fourth-order valence-electron chi connectivity index (χ4n) is 2.69. The molecule has 0 radical (unpaired) electrons. The van der Waals surface area contributed by atoms with Crippen LogP contribution in [-0.4, -0.2) is 41.7 Å². The van der Waals surface area contributed by atoms with Crippen molar-refractivity contribution in [3.8, 4) is 0 Å². The Hall–Kier alpha value is -1.69. The summed E-state index contributed by atoms with van der Waals surface area (Å²) in [6, 6.07) is 0.737. The smallest absolute Gasteiger partial charge is 0.341 e. The summed E-state index contributed by atoms with van der Waals surface area (Å²) in [7, 11) is 2.00. The number of nitrogens with zero attached hydrogens (tertiary/aromatic N) is 3. The van der Waals surface area contributed by atoms with Crippen LogP contribution < -0.4 is 10.6 Å². The van der Waals surface area contributed by atoms with Crippen LogP contribution in [0.1, 0.15) is 48.7 Å². The maximum atomic E-state index is 11.8. The molecule has 6 nitrogen and oxygen atoms in total. The van der Waals surface area contributed by atoms with E-state index in [1.54, 1.807) is 13.1 Å². The number of rotatable bonds is 4. The molecule has 1 aliphatic rings. The van der Waals surface area contributed by atoms with Crippen molar-refractivity contribution >= 4 is 11.9 Å². The second kappa shape index (κ2) is 6.85. The van der Waals surface area contributed by atoms with E-state index in [1.807, 2.05) is 14.0 Å². The van der Waals surface area contributed by atoms with E-state index in [-0.39, 0.29) is 5.97 Å². The van der Waals surface area contributed by atoms with Gasteiger partial charge in [-0.3, -0.25) is 0 Å². The Morgan fingerprint density at radius 2 is 2.10 bits per heavy atom. The van der Waals surface area contributed by atoms with Gasteiger partial charge in [0.1, 0.15) is 0 Å². The van der Waals surface area contributed by atoms with Crippen molar-refractivity contribution < 1.29 is 9.53 Å². The van der Waals surface area contributed by atoms with Gasteiger partial charge in [-0.15, -0.1) is 0 Å². The third-order valence-corrected chi connectivity index (χ3v) is 4.07. The molecule has 116 valence electrons. The van der Waals surface area contributed by atoms with Crippen LogP contribution in [0.15, 0.2) is 6.20 Å². The second-order valence-corrected chi connectivity index (χ2v) is 5.57. The van der Waals surface area contributed by atoms with Crippen molar-refractivity contribution in [3.05, 3.63) is 17.5 Å². The number of ether oxygens (including phenoxy) is 1. The second-order valence-electron chi connectivity index (χ2n) is 5.57. The van der Waals surface area contributed by atoms with Crippen LogP contribution in [0, 0.1) is 6.92 Å². The lowest BCUT2D eigenvalue weighted by Gasteiger charge is -2.33. The summed E-state index contributed by atoms with van der Waals surface area (Å²) >= 11 is 0. The molecular weight excluding hydrogens is 268 g/mol. The lowest BCUT2D eigenvalue weighted by molar-refractivity contribution is 0.0524. The van der Waals surface area contributed by atoms with E-state index in [2.05, 4.69) is 14.9 Å². The zero-order valence-corrected chi connectivity index (χ0v) is 13.0. The van der Waals surface area contributed by atoms with Gasteiger partial charge >= 0.3 is 5.97 Å². The van der Waals surface area contributed by atoms with Crippen molar-refractivity contribution in [1.82, 2.24) is 9.97 Å². The van der Waals surface area contributed by atoms with Crippen LogP contribution in [0.2, 0.25) is 0 Å². The highest BCUT2D eigenvalue weighted by molar-refractivity contribution is 5.90. The summed E-state index contributed by atoms with van der Waals surface area (Å²) in [5.74, 6) is 0.286. The van der Waals surface area contributed by atoms with Gasteiger partial charge in [0.25, 0.3) is 0 Å². The molecule has 0 bridgehead atoms. The van der Waals surface area contributed by atoms with Gasteiger partial charge in [-0.25, -0.2) is 14.8 Å². The van der Waals surface area contributed by atoms with Gasteiger partial charge in [0.15, 0.2) is 0 Å². The maximum absolute atomic E-state index is 11.8. The van der Waals surface area contributed by atoms with Gasteiger partial charge in [-0.2, -0.15) is 0 Å². The van der Waals surface area contributed by atoms with Crippen LogP contribution in [0.3, 0.4) is 0 Å². The molecule has 0 aliphatic heterocycles. The fourth-order valence-corrected chi connectivity index (χ4v) is 2.69. The minimum absolute atomic E-state index is 0.323. The van der Waals surface area contributed by atoms with Crippen LogP contribution in [0.25, 0.3) is 0 Å². The molecule has 0 amide bonds. The normalized spacial score (nSPS) is 21.9. The number of aromatic nitrogens is 2. The number of nitrogens with two attached hydrogens (primary N) is 1. The number of carbonyl (C=O) groups excluding carboxylic acids is 1. The van der Waals surface area contributed by atoms with Crippen molar-refractivity contribution in [2.45, 2.75) is 51.6 Å². The Bertz CT molecular complexity index is 498. The van der Waals surface area contributed by atoms with Crippen molar-refractivity contribution in [2.75, 3.05) is 18.6 Å². The molecule has 0 saturated heterocycles. The molecule has 2 rings (SSSR count). The Balaban J connectivity index is 2.10. The Kier molecular flexibility index (Phi) is 5.12. The molecule has 0 spiro atoms. The van der Waals surface area contributed by atoms with Gasteiger partial charge in [0.05, 0.1) is 17.9 Å². The molecule has 1 fully saturated rings. The third-order valence-electron chi connectivity index (χ3n) is 4.07. The molecule has 2 N–H and O–H groups in total. The van der Waals surface area contributed by atoms with Gasteiger partial charge in [-0.05, 0) is 39.5 Å². The summed E-state index contributed by atoms with van der Waals surface area (Å²) in [6.07, 6.45) is 5.74. The number of anilines is 1. The average Bonchev–Trinajstić information content (AvgIpc) is 2.47. The molecule has 0 aromatic carbocycles. The Labute approximate surface area is 125 Å². The van der Waals surface area contributed by atoms with Gasteiger partial charge in [-0.1, -0.05) is 0 Å². The van der Waals surface area contributed by atoms with E-state index in [4.69, 9.17) is 10.5 Å². The topological polar surface area (TPSA) is 81.3 Å². The molecule has 0 atom stereocenters.